The summed E-state index contributed by atoms with van der Waals surface area (Å²) in [6.07, 6.45) is -4.81. The molecule has 2 amide bonds. The molecule has 3 atom stereocenters. The number of amides is 2. The Bertz CT molecular complexity index is 743. The van der Waals surface area contributed by atoms with Crippen molar-refractivity contribution in [2.45, 2.75) is 44.4 Å². The third kappa shape index (κ3) is 4.35. The van der Waals surface area contributed by atoms with E-state index < -0.39 is 24.5 Å². The van der Waals surface area contributed by atoms with Crippen molar-refractivity contribution in [3.8, 4) is 0 Å². The van der Waals surface area contributed by atoms with E-state index in [1.54, 1.807) is 6.07 Å². The average Bonchev–Trinajstić information content (AvgIpc) is 3.08. The molecule has 2 fully saturated rings. The highest BCUT2D eigenvalue weighted by Crippen LogP contribution is 2.54. The van der Waals surface area contributed by atoms with E-state index in [-0.39, 0.29) is 23.9 Å². The Morgan fingerprint density at radius 1 is 1.38 bits per heavy atom. The summed E-state index contributed by atoms with van der Waals surface area (Å²) in [5, 5.41) is 8.28. The van der Waals surface area contributed by atoms with Crippen LogP contribution in [-0.2, 0) is 9.59 Å². The summed E-state index contributed by atoms with van der Waals surface area (Å²) >= 11 is 3.25. The Balaban J connectivity index is 1.53. The van der Waals surface area contributed by atoms with Gasteiger partial charge < -0.3 is 16.0 Å². The van der Waals surface area contributed by atoms with Gasteiger partial charge in [-0.25, -0.2) is 4.98 Å². The zero-order chi connectivity index (χ0) is 19.1. The van der Waals surface area contributed by atoms with Crippen LogP contribution in [0.25, 0.3) is 0 Å². The molecule has 10 heteroatoms. The number of alkyl halides is 3. The fourth-order valence-electron chi connectivity index (χ4n) is 3.31. The topological polar surface area (TPSA) is 83.1 Å². The summed E-state index contributed by atoms with van der Waals surface area (Å²) in [6.45, 7) is 1.96. The lowest BCUT2D eigenvalue weighted by atomic mass is 9.99. The van der Waals surface area contributed by atoms with Gasteiger partial charge in [-0.05, 0) is 47.3 Å². The van der Waals surface area contributed by atoms with Crippen LogP contribution in [0, 0.1) is 12.3 Å². The van der Waals surface area contributed by atoms with Crippen molar-refractivity contribution in [2.24, 2.45) is 5.41 Å². The first-order valence-corrected chi connectivity index (χ1v) is 8.91. The van der Waals surface area contributed by atoms with Gasteiger partial charge >= 0.3 is 6.18 Å². The molecule has 1 aliphatic carbocycles. The monoisotopic (exact) mass is 434 g/mol. The quantitative estimate of drug-likeness (QED) is 0.620. The third-order valence-electron chi connectivity index (χ3n) is 4.82. The van der Waals surface area contributed by atoms with Gasteiger partial charge in [0, 0.05) is 18.0 Å². The normalized spacial score (nSPS) is 27.0. The van der Waals surface area contributed by atoms with Gasteiger partial charge in [-0.15, -0.1) is 0 Å². The van der Waals surface area contributed by atoms with Crippen LogP contribution in [-0.4, -0.2) is 41.6 Å². The molecule has 0 radical (unpaired) electrons. The van der Waals surface area contributed by atoms with Gasteiger partial charge in [0.15, 0.2) is 0 Å². The number of pyridine rings is 1. The van der Waals surface area contributed by atoms with Gasteiger partial charge in [0.2, 0.25) is 11.8 Å². The van der Waals surface area contributed by atoms with Crippen LogP contribution >= 0.6 is 15.9 Å². The Hall–Kier alpha value is -1.68. The predicted molar refractivity (Wildman–Crippen MR) is 91.4 cm³/mol. The van der Waals surface area contributed by atoms with Crippen LogP contribution in [0.15, 0.2) is 16.7 Å². The highest BCUT2D eigenvalue weighted by atomic mass is 79.9. The summed E-state index contributed by atoms with van der Waals surface area (Å²) in [5.41, 5.74) is 0.474. The van der Waals surface area contributed by atoms with Crippen LogP contribution in [0.3, 0.4) is 0 Å². The molecular weight excluding hydrogens is 417 g/mol. The molecule has 3 N–H and O–H groups in total. The largest absolute Gasteiger partial charge is 0.397 e. The minimum absolute atomic E-state index is 0.0287. The van der Waals surface area contributed by atoms with Crippen LogP contribution in [0.5, 0.6) is 0 Å². The lowest BCUT2D eigenvalue weighted by Gasteiger charge is -2.17. The smallest absolute Gasteiger partial charge is 0.355 e. The van der Waals surface area contributed by atoms with Gasteiger partial charge in [0.05, 0.1) is 6.04 Å². The molecule has 2 heterocycles. The van der Waals surface area contributed by atoms with Gasteiger partial charge in [-0.1, -0.05) is 6.07 Å². The summed E-state index contributed by atoms with van der Waals surface area (Å²) in [7, 11) is 0. The second kappa shape index (κ2) is 6.80. The van der Waals surface area contributed by atoms with Gasteiger partial charge in [-0.2, -0.15) is 13.2 Å². The van der Waals surface area contributed by atoms with Crippen LogP contribution < -0.4 is 16.0 Å². The minimum atomic E-state index is -4.52. The molecule has 142 valence electrons. The molecule has 0 aromatic carbocycles. The van der Waals surface area contributed by atoms with Crippen molar-refractivity contribution in [3.63, 3.8) is 0 Å². The molecule has 0 bridgehead atoms. The van der Waals surface area contributed by atoms with Crippen molar-refractivity contribution in [1.29, 1.82) is 0 Å². The Morgan fingerprint density at radius 2 is 2.12 bits per heavy atom. The van der Waals surface area contributed by atoms with E-state index in [4.69, 9.17) is 0 Å². The zero-order valence-electron chi connectivity index (χ0n) is 13.9. The van der Waals surface area contributed by atoms with E-state index in [0.717, 1.165) is 12.0 Å². The molecule has 1 aromatic heterocycles. The third-order valence-corrected chi connectivity index (χ3v) is 5.26. The fourth-order valence-corrected chi connectivity index (χ4v) is 3.62. The molecule has 26 heavy (non-hydrogen) atoms. The Morgan fingerprint density at radius 3 is 2.81 bits per heavy atom. The van der Waals surface area contributed by atoms with Crippen LogP contribution in [0.2, 0.25) is 0 Å². The van der Waals surface area contributed by atoms with Gasteiger partial charge in [0.1, 0.15) is 16.8 Å². The minimum Gasteiger partial charge on any atom is -0.355 e. The van der Waals surface area contributed by atoms with E-state index >= 15 is 0 Å². The first-order chi connectivity index (χ1) is 12.1. The number of nitrogens with zero attached hydrogens (tertiary/aromatic N) is 1. The van der Waals surface area contributed by atoms with Crippen molar-refractivity contribution in [2.75, 3.05) is 11.9 Å². The number of rotatable bonds is 5. The SMILES string of the molecule is Cc1ccc(Br)nc1NC(=O)[C@@H]1C[C@@]2(CNC(=O)CC(F)(F)F)C[C@H]2N1. The molecule has 2 aliphatic rings. The maximum Gasteiger partial charge on any atom is 0.397 e. The van der Waals surface area contributed by atoms with Crippen molar-refractivity contribution in [3.05, 3.63) is 22.3 Å². The second-order valence-electron chi connectivity index (χ2n) is 6.90. The van der Waals surface area contributed by atoms with E-state index in [0.29, 0.717) is 16.8 Å². The number of halogens is 4. The number of hydrogen-bond acceptors (Lipinski definition) is 4. The molecule has 1 saturated heterocycles. The summed E-state index contributed by atoms with van der Waals surface area (Å²) in [6, 6.07) is 3.16. The molecular formula is C16H18BrF3N4O2. The first kappa shape index (κ1) is 19.1. The van der Waals surface area contributed by atoms with Crippen molar-refractivity contribution in [1.82, 2.24) is 15.6 Å². The molecule has 3 rings (SSSR count). The number of aryl methyl sites for hydroxylation is 1. The predicted octanol–water partition coefficient (Wildman–Crippen LogP) is 2.28. The van der Waals surface area contributed by atoms with Crippen molar-refractivity contribution >= 4 is 33.6 Å². The Kier molecular flexibility index (Phi) is 5.00. The highest BCUT2D eigenvalue weighted by Gasteiger charge is 2.61. The lowest BCUT2D eigenvalue weighted by molar-refractivity contribution is -0.153. The summed E-state index contributed by atoms with van der Waals surface area (Å²) in [5.74, 6) is -0.828. The maximum atomic E-state index is 12.4. The number of carbonyl (C=O) groups is 2. The zero-order valence-corrected chi connectivity index (χ0v) is 15.5. The lowest BCUT2D eigenvalue weighted by Crippen LogP contribution is -2.38. The molecule has 1 aromatic rings. The van der Waals surface area contributed by atoms with E-state index in [9.17, 15) is 22.8 Å². The molecule has 1 aliphatic heterocycles. The van der Waals surface area contributed by atoms with Crippen LogP contribution in [0.1, 0.15) is 24.8 Å². The van der Waals surface area contributed by atoms with E-state index in [1.807, 2.05) is 13.0 Å². The Labute approximate surface area is 156 Å². The van der Waals surface area contributed by atoms with E-state index in [1.165, 1.54) is 0 Å². The van der Waals surface area contributed by atoms with Crippen molar-refractivity contribution < 1.29 is 22.8 Å². The summed E-state index contributed by atoms with van der Waals surface area (Å²) < 4.78 is 37.2. The number of hydrogen-bond donors (Lipinski definition) is 3. The molecule has 6 nitrogen and oxygen atoms in total. The number of fused-ring (bicyclic) bond motifs is 1. The second-order valence-corrected chi connectivity index (χ2v) is 7.71. The van der Waals surface area contributed by atoms with Gasteiger partial charge in [-0.3, -0.25) is 9.59 Å². The molecule has 0 unspecified atom stereocenters. The fraction of sp³-hybridized carbons (Fsp3) is 0.562. The van der Waals surface area contributed by atoms with Gasteiger partial charge in [0.25, 0.3) is 0 Å². The number of nitrogens with one attached hydrogen (secondary N) is 3. The number of carbonyl (C=O) groups excluding carboxylic acids is 2. The van der Waals surface area contributed by atoms with E-state index in [2.05, 4.69) is 36.9 Å². The summed E-state index contributed by atoms with van der Waals surface area (Å²) in [4.78, 5) is 28.0. The number of piperidine rings is 1. The highest BCUT2D eigenvalue weighted by molar-refractivity contribution is 9.10. The first-order valence-electron chi connectivity index (χ1n) is 8.11. The maximum absolute atomic E-state index is 12.4. The molecule has 1 saturated carbocycles. The average molecular weight is 435 g/mol. The van der Waals surface area contributed by atoms with Crippen LogP contribution in [0.4, 0.5) is 19.0 Å². The standard InChI is InChI=1S/C16H18BrF3N4O2/c1-8-2-3-11(17)23-13(8)24-14(26)9-4-15(5-10(15)22-9)7-21-12(25)6-16(18,19)20/h2-3,9-10,22H,4-7H2,1H3,(H,21,25)(H,23,24,26)/t9-,10+,15-/m0/s1. The number of anilines is 1. The molecule has 0 spiro atoms. The number of aromatic nitrogens is 1.